The molecule has 1 saturated heterocycles. The molecule has 7 nitrogen and oxygen atoms in total. The summed E-state index contributed by atoms with van der Waals surface area (Å²) in [7, 11) is 0. The lowest BCUT2D eigenvalue weighted by Gasteiger charge is -2.20. The zero-order valence-electron chi connectivity index (χ0n) is 19.1. The molecule has 1 amide bonds. The van der Waals surface area contributed by atoms with Crippen molar-refractivity contribution < 1.29 is 9.53 Å². The van der Waals surface area contributed by atoms with E-state index in [4.69, 9.17) is 4.74 Å². The number of guanidine groups is 1. The molecule has 1 aliphatic heterocycles. The van der Waals surface area contributed by atoms with Crippen LogP contribution in [0.2, 0.25) is 0 Å². The summed E-state index contributed by atoms with van der Waals surface area (Å²) < 4.78 is 5.82. The summed E-state index contributed by atoms with van der Waals surface area (Å²) in [6, 6.07) is 13.9. The maximum atomic E-state index is 12.1. The van der Waals surface area contributed by atoms with Crippen molar-refractivity contribution in [3.8, 4) is 5.88 Å². The summed E-state index contributed by atoms with van der Waals surface area (Å²) in [6.45, 7) is 6.33. The molecule has 32 heavy (non-hydrogen) atoms. The van der Waals surface area contributed by atoms with Gasteiger partial charge in [0.05, 0.1) is 6.54 Å². The Morgan fingerprint density at radius 3 is 2.84 bits per heavy atom. The minimum absolute atomic E-state index is 0.297. The largest absolute Gasteiger partial charge is 0.473 e. The Kier molecular flexibility index (Phi) is 9.83. The fourth-order valence-corrected chi connectivity index (χ4v) is 3.62. The highest BCUT2D eigenvalue weighted by Gasteiger charge is 2.15. The van der Waals surface area contributed by atoms with Gasteiger partial charge in [0, 0.05) is 44.9 Å². The van der Waals surface area contributed by atoms with E-state index in [1.807, 2.05) is 47.4 Å². The number of nitrogens with one attached hydrogen (secondary N) is 2. The molecule has 2 N–H and O–H groups in total. The van der Waals surface area contributed by atoms with Gasteiger partial charge in [-0.25, -0.2) is 9.98 Å². The molecule has 0 radical (unpaired) electrons. The topological polar surface area (TPSA) is 78.9 Å². The van der Waals surface area contributed by atoms with Crippen molar-refractivity contribution in [1.29, 1.82) is 0 Å². The normalized spacial score (nSPS) is 14.7. The number of aliphatic imine (C=N–C) groups is 1. The van der Waals surface area contributed by atoms with Crippen LogP contribution in [0.25, 0.3) is 0 Å². The SMILES string of the molecule is CCNC(=NCc1ccnc(OCc2ccccc2)c1)NCCCN1CCCCCC1=O. The number of hydrogen-bond donors (Lipinski definition) is 2. The van der Waals surface area contributed by atoms with E-state index in [9.17, 15) is 4.79 Å². The van der Waals surface area contributed by atoms with Gasteiger partial charge in [0.1, 0.15) is 6.61 Å². The first-order valence-electron chi connectivity index (χ1n) is 11.7. The van der Waals surface area contributed by atoms with Crippen LogP contribution < -0.4 is 15.4 Å². The molecule has 172 valence electrons. The Bertz CT molecular complexity index is 856. The number of benzene rings is 1. The van der Waals surface area contributed by atoms with Gasteiger partial charge in [-0.15, -0.1) is 0 Å². The van der Waals surface area contributed by atoms with E-state index in [1.54, 1.807) is 6.20 Å². The smallest absolute Gasteiger partial charge is 0.222 e. The van der Waals surface area contributed by atoms with E-state index in [0.29, 0.717) is 31.4 Å². The summed E-state index contributed by atoms with van der Waals surface area (Å²) in [6.07, 6.45) is 6.66. The average molecular weight is 438 g/mol. The number of aromatic nitrogens is 1. The van der Waals surface area contributed by atoms with E-state index in [0.717, 1.165) is 68.9 Å². The van der Waals surface area contributed by atoms with Gasteiger partial charge in [-0.2, -0.15) is 0 Å². The summed E-state index contributed by atoms with van der Waals surface area (Å²) in [4.78, 5) is 23.1. The molecule has 1 aromatic carbocycles. The van der Waals surface area contributed by atoms with E-state index in [2.05, 4.69) is 27.5 Å². The number of rotatable bonds is 10. The Morgan fingerprint density at radius 2 is 2.00 bits per heavy atom. The average Bonchev–Trinajstić information content (AvgIpc) is 3.03. The van der Waals surface area contributed by atoms with Crippen molar-refractivity contribution in [2.24, 2.45) is 4.99 Å². The second-order valence-corrected chi connectivity index (χ2v) is 7.94. The minimum Gasteiger partial charge on any atom is -0.473 e. The van der Waals surface area contributed by atoms with Crippen LogP contribution in [0.15, 0.2) is 53.7 Å². The van der Waals surface area contributed by atoms with Crippen LogP contribution in [0.5, 0.6) is 5.88 Å². The van der Waals surface area contributed by atoms with E-state index >= 15 is 0 Å². The van der Waals surface area contributed by atoms with Gasteiger partial charge >= 0.3 is 0 Å². The Morgan fingerprint density at radius 1 is 1.12 bits per heavy atom. The molecular weight excluding hydrogens is 402 g/mol. The summed E-state index contributed by atoms with van der Waals surface area (Å²) in [5, 5.41) is 6.66. The van der Waals surface area contributed by atoms with Gasteiger partial charge in [-0.1, -0.05) is 36.8 Å². The number of hydrogen-bond acceptors (Lipinski definition) is 4. The fraction of sp³-hybridized carbons (Fsp3) is 0.480. The Hall–Kier alpha value is -3.09. The lowest BCUT2D eigenvalue weighted by molar-refractivity contribution is -0.130. The van der Waals surface area contributed by atoms with Crippen molar-refractivity contribution in [1.82, 2.24) is 20.5 Å². The zero-order chi connectivity index (χ0) is 22.4. The number of carbonyl (C=O) groups excluding carboxylic acids is 1. The molecule has 1 aromatic heterocycles. The molecule has 0 spiro atoms. The van der Waals surface area contributed by atoms with Gasteiger partial charge in [0.25, 0.3) is 0 Å². The summed E-state index contributed by atoms with van der Waals surface area (Å²) in [5.74, 6) is 1.67. The number of carbonyl (C=O) groups is 1. The van der Waals surface area contributed by atoms with Gasteiger partial charge in [-0.3, -0.25) is 4.79 Å². The molecule has 0 bridgehead atoms. The van der Waals surface area contributed by atoms with Gasteiger partial charge in [0.2, 0.25) is 11.8 Å². The van der Waals surface area contributed by atoms with Crippen LogP contribution in [0.4, 0.5) is 0 Å². The molecule has 0 aliphatic carbocycles. The summed E-state index contributed by atoms with van der Waals surface area (Å²) >= 11 is 0. The number of pyridine rings is 1. The van der Waals surface area contributed by atoms with Gasteiger partial charge in [-0.05, 0) is 43.4 Å². The van der Waals surface area contributed by atoms with Crippen molar-refractivity contribution >= 4 is 11.9 Å². The first-order valence-corrected chi connectivity index (χ1v) is 11.7. The quantitative estimate of drug-likeness (QED) is 0.338. The standard InChI is InChI=1S/C25H35N5O2/c1-2-26-25(28-14-9-17-30-16-8-4-7-12-24(30)31)29-19-22-13-15-27-23(18-22)32-20-21-10-5-3-6-11-21/h3,5-6,10-11,13,15,18H,2,4,7-9,12,14,16-17,19-20H2,1H3,(H2,26,28,29). The number of nitrogens with zero attached hydrogens (tertiary/aromatic N) is 3. The third kappa shape index (κ3) is 8.21. The Labute approximate surface area is 191 Å². The van der Waals surface area contributed by atoms with Crippen molar-refractivity contribution in [3.05, 3.63) is 59.8 Å². The zero-order valence-corrected chi connectivity index (χ0v) is 19.1. The summed E-state index contributed by atoms with van der Waals surface area (Å²) in [5.41, 5.74) is 2.15. The van der Waals surface area contributed by atoms with Gasteiger partial charge < -0.3 is 20.3 Å². The molecule has 3 rings (SSSR count). The second-order valence-electron chi connectivity index (χ2n) is 7.94. The van der Waals surface area contributed by atoms with Crippen molar-refractivity contribution in [2.75, 3.05) is 26.2 Å². The van der Waals surface area contributed by atoms with Crippen LogP contribution in [0.1, 0.15) is 50.2 Å². The predicted octanol–water partition coefficient (Wildman–Crippen LogP) is 3.51. The van der Waals surface area contributed by atoms with E-state index in [1.165, 1.54) is 0 Å². The van der Waals surface area contributed by atoms with Crippen LogP contribution in [-0.2, 0) is 17.9 Å². The monoisotopic (exact) mass is 437 g/mol. The van der Waals surface area contributed by atoms with Crippen molar-refractivity contribution in [3.63, 3.8) is 0 Å². The maximum absolute atomic E-state index is 12.1. The van der Waals surface area contributed by atoms with Crippen LogP contribution >= 0.6 is 0 Å². The molecule has 0 saturated carbocycles. The molecular formula is C25H35N5O2. The first-order chi connectivity index (χ1) is 15.7. The Balaban J connectivity index is 1.46. The molecule has 0 atom stereocenters. The molecule has 1 aliphatic rings. The molecule has 2 heterocycles. The van der Waals surface area contributed by atoms with Crippen LogP contribution in [0, 0.1) is 0 Å². The van der Waals surface area contributed by atoms with Crippen LogP contribution in [-0.4, -0.2) is 47.9 Å². The highest BCUT2D eigenvalue weighted by molar-refractivity contribution is 5.79. The first kappa shape index (κ1) is 23.6. The number of ether oxygens (including phenoxy) is 1. The predicted molar refractivity (Wildman–Crippen MR) is 127 cm³/mol. The number of amides is 1. The highest BCUT2D eigenvalue weighted by Crippen LogP contribution is 2.13. The van der Waals surface area contributed by atoms with Crippen molar-refractivity contribution in [2.45, 2.75) is 52.2 Å². The van der Waals surface area contributed by atoms with E-state index < -0.39 is 0 Å². The van der Waals surface area contributed by atoms with Gasteiger partial charge in [0.15, 0.2) is 5.96 Å². The maximum Gasteiger partial charge on any atom is 0.222 e. The van der Waals surface area contributed by atoms with Crippen LogP contribution in [0.3, 0.4) is 0 Å². The lowest BCUT2D eigenvalue weighted by atomic mass is 10.2. The third-order valence-corrected chi connectivity index (χ3v) is 5.36. The molecule has 7 heteroatoms. The highest BCUT2D eigenvalue weighted by atomic mass is 16.5. The molecule has 0 unspecified atom stereocenters. The molecule has 1 fully saturated rings. The second kappa shape index (κ2) is 13.3. The lowest BCUT2D eigenvalue weighted by Crippen LogP contribution is -2.39. The fourth-order valence-electron chi connectivity index (χ4n) is 3.62. The molecule has 2 aromatic rings. The third-order valence-electron chi connectivity index (χ3n) is 5.36. The minimum atomic E-state index is 0.297. The van der Waals surface area contributed by atoms with E-state index in [-0.39, 0.29) is 0 Å². The number of likely N-dealkylation sites (tertiary alicyclic amines) is 1.